The Labute approximate surface area is 153 Å². The minimum Gasteiger partial charge on any atom is -0.479 e. The van der Waals surface area contributed by atoms with Crippen molar-refractivity contribution in [3.63, 3.8) is 0 Å². The number of aliphatic hydroxyl groups excluding tert-OH is 1. The predicted octanol–water partition coefficient (Wildman–Crippen LogP) is 2.47. The van der Waals surface area contributed by atoms with Crippen molar-refractivity contribution in [1.29, 1.82) is 0 Å². The second-order valence-electron chi connectivity index (χ2n) is 9.62. The maximum absolute atomic E-state index is 11.9. The van der Waals surface area contributed by atoms with Crippen LogP contribution in [0.25, 0.3) is 0 Å². The van der Waals surface area contributed by atoms with Crippen LogP contribution < -0.4 is 0 Å². The van der Waals surface area contributed by atoms with E-state index in [9.17, 15) is 24.9 Å². The number of aliphatic hydroxyl groups is 2. The predicted molar refractivity (Wildman–Crippen MR) is 95.2 cm³/mol. The highest BCUT2D eigenvalue weighted by molar-refractivity contribution is 6.01. The molecular formula is C21H28O5. The van der Waals surface area contributed by atoms with Gasteiger partial charge in [-0.3, -0.25) is 4.79 Å². The van der Waals surface area contributed by atoms with Crippen molar-refractivity contribution in [1.82, 2.24) is 0 Å². The van der Waals surface area contributed by atoms with Gasteiger partial charge in [-0.2, -0.15) is 0 Å². The van der Waals surface area contributed by atoms with Crippen molar-refractivity contribution in [2.75, 3.05) is 0 Å². The van der Waals surface area contributed by atoms with Crippen molar-refractivity contribution in [2.24, 2.45) is 28.1 Å². The molecule has 0 aromatic carbocycles. The van der Waals surface area contributed by atoms with Crippen LogP contribution >= 0.6 is 0 Å². The fourth-order valence-electron chi connectivity index (χ4n) is 7.37. The number of carboxylic acid groups (broad SMARTS) is 1. The molecule has 5 heteroatoms. The van der Waals surface area contributed by atoms with E-state index in [4.69, 9.17) is 0 Å². The molecule has 3 saturated carbocycles. The Hall–Kier alpha value is -1.46. The number of hydrogen-bond donors (Lipinski definition) is 3. The lowest BCUT2D eigenvalue weighted by molar-refractivity contribution is -0.209. The molecule has 4 aliphatic carbocycles. The molecule has 3 fully saturated rings. The quantitative estimate of drug-likeness (QED) is 0.668. The zero-order valence-electron chi connectivity index (χ0n) is 15.7. The van der Waals surface area contributed by atoms with E-state index in [0.29, 0.717) is 6.42 Å². The summed E-state index contributed by atoms with van der Waals surface area (Å²) in [6.07, 6.45) is 7.24. The van der Waals surface area contributed by atoms with Gasteiger partial charge in [0, 0.05) is 16.7 Å². The molecule has 0 aromatic rings. The third-order valence-corrected chi connectivity index (χ3v) is 8.57. The van der Waals surface area contributed by atoms with E-state index in [2.05, 4.69) is 13.8 Å². The summed E-state index contributed by atoms with van der Waals surface area (Å²) < 4.78 is 0. The van der Waals surface area contributed by atoms with E-state index in [1.165, 1.54) is 0 Å². The van der Waals surface area contributed by atoms with Crippen molar-refractivity contribution in [2.45, 2.75) is 64.6 Å². The first-order valence-corrected chi connectivity index (χ1v) is 9.57. The standard InChI is InChI=1S/C21H28O5/c1-18-8-5-13(22)10-12(18)4-7-19(2)15-6-9-21(26,17(24)25)20(15,3)11-14(23)16(18)19/h5,8,10,14-16,23,26H,4,6-7,9,11H2,1-3H3,(H,24,25)/t14-,15-,16+,18-,19-,20-,21-/m0/s1. The zero-order valence-corrected chi connectivity index (χ0v) is 15.7. The topological polar surface area (TPSA) is 94.8 Å². The van der Waals surface area contributed by atoms with Crippen molar-refractivity contribution >= 4 is 11.8 Å². The monoisotopic (exact) mass is 360 g/mol. The number of rotatable bonds is 1. The van der Waals surface area contributed by atoms with E-state index in [1.807, 2.05) is 13.0 Å². The van der Waals surface area contributed by atoms with Gasteiger partial charge >= 0.3 is 5.97 Å². The molecule has 0 spiro atoms. The minimum absolute atomic E-state index is 0.00247. The number of ketones is 1. The minimum atomic E-state index is -1.79. The van der Waals surface area contributed by atoms with Crippen LogP contribution in [0.1, 0.15) is 52.9 Å². The van der Waals surface area contributed by atoms with Gasteiger partial charge in [0.05, 0.1) is 6.10 Å². The van der Waals surface area contributed by atoms with E-state index < -0.39 is 28.5 Å². The van der Waals surface area contributed by atoms with Crippen LogP contribution in [-0.2, 0) is 9.59 Å². The van der Waals surface area contributed by atoms with Crippen LogP contribution in [-0.4, -0.2) is 38.8 Å². The van der Waals surface area contributed by atoms with Crippen molar-refractivity contribution < 1.29 is 24.9 Å². The average Bonchev–Trinajstić information content (AvgIpc) is 2.81. The molecule has 0 aromatic heterocycles. The summed E-state index contributed by atoms with van der Waals surface area (Å²) in [5.41, 5.74) is -2.26. The molecule has 0 radical (unpaired) electrons. The molecule has 4 aliphatic rings. The first kappa shape index (κ1) is 17.9. The molecule has 0 heterocycles. The summed E-state index contributed by atoms with van der Waals surface area (Å²) in [5, 5.41) is 31.9. The first-order chi connectivity index (χ1) is 12.0. The molecule has 5 nitrogen and oxygen atoms in total. The lowest BCUT2D eigenvalue weighted by Gasteiger charge is -2.64. The Bertz CT molecular complexity index is 754. The highest BCUT2D eigenvalue weighted by atomic mass is 16.4. The molecular weight excluding hydrogens is 332 g/mol. The molecule has 4 rings (SSSR count). The normalized spacial score (nSPS) is 52.7. The third kappa shape index (κ3) is 1.88. The zero-order chi connectivity index (χ0) is 19.1. The number of carbonyl (C=O) groups is 2. The van der Waals surface area contributed by atoms with Crippen LogP contribution in [0, 0.1) is 28.1 Å². The number of hydrogen-bond acceptors (Lipinski definition) is 4. The Kier molecular flexibility index (Phi) is 3.50. The summed E-state index contributed by atoms with van der Waals surface area (Å²) in [5.74, 6) is -1.25. The molecule has 0 bridgehead atoms. The van der Waals surface area contributed by atoms with Gasteiger partial charge in [-0.25, -0.2) is 4.79 Å². The summed E-state index contributed by atoms with van der Waals surface area (Å²) in [6.45, 7) is 6.09. The largest absolute Gasteiger partial charge is 0.479 e. The smallest absolute Gasteiger partial charge is 0.336 e. The van der Waals surface area contributed by atoms with Gasteiger partial charge in [0.2, 0.25) is 0 Å². The molecule has 26 heavy (non-hydrogen) atoms. The fraction of sp³-hybridized carbons (Fsp3) is 0.714. The van der Waals surface area contributed by atoms with Crippen LogP contribution in [0.5, 0.6) is 0 Å². The number of fused-ring (bicyclic) bond motifs is 5. The third-order valence-electron chi connectivity index (χ3n) is 8.57. The van der Waals surface area contributed by atoms with E-state index in [0.717, 1.165) is 18.4 Å². The summed E-state index contributed by atoms with van der Waals surface area (Å²) >= 11 is 0. The average molecular weight is 360 g/mol. The van der Waals surface area contributed by atoms with Crippen LogP contribution in [0.15, 0.2) is 23.8 Å². The van der Waals surface area contributed by atoms with Crippen molar-refractivity contribution in [3.8, 4) is 0 Å². The van der Waals surface area contributed by atoms with Crippen LogP contribution in [0.4, 0.5) is 0 Å². The van der Waals surface area contributed by atoms with Gasteiger partial charge in [0.25, 0.3) is 0 Å². The van der Waals surface area contributed by atoms with Crippen LogP contribution in [0.2, 0.25) is 0 Å². The number of carbonyl (C=O) groups excluding carboxylic acids is 1. The Morgan fingerprint density at radius 2 is 1.92 bits per heavy atom. The van der Waals surface area contributed by atoms with Crippen LogP contribution in [0.3, 0.4) is 0 Å². The summed E-state index contributed by atoms with van der Waals surface area (Å²) in [4.78, 5) is 23.7. The van der Waals surface area contributed by atoms with Gasteiger partial charge in [-0.1, -0.05) is 32.4 Å². The second kappa shape index (κ2) is 5.08. The van der Waals surface area contributed by atoms with Gasteiger partial charge < -0.3 is 15.3 Å². The van der Waals surface area contributed by atoms with E-state index >= 15 is 0 Å². The molecule has 0 aliphatic heterocycles. The Morgan fingerprint density at radius 1 is 1.23 bits per heavy atom. The molecule has 0 unspecified atom stereocenters. The lowest BCUT2D eigenvalue weighted by atomic mass is 9.40. The number of aliphatic carboxylic acids is 1. The lowest BCUT2D eigenvalue weighted by Crippen LogP contribution is -2.65. The summed E-state index contributed by atoms with van der Waals surface area (Å²) in [7, 11) is 0. The summed E-state index contributed by atoms with van der Waals surface area (Å²) in [6, 6.07) is 0. The molecule has 142 valence electrons. The fourth-order valence-corrected chi connectivity index (χ4v) is 7.37. The van der Waals surface area contributed by atoms with E-state index in [-0.39, 0.29) is 35.9 Å². The Balaban J connectivity index is 1.83. The second-order valence-corrected chi connectivity index (χ2v) is 9.62. The number of carboxylic acids is 1. The molecule has 0 saturated heterocycles. The molecule has 3 N–H and O–H groups in total. The van der Waals surface area contributed by atoms with Crippen molar-refractivity contribution in [3.05, 3.63) is 23.8 Å². The van der Waals surface area contributed by atoms with Gasteiger partial charge in [0.15, 0.2) is 11.4 Å². The highest BCUT2D eigenvalue weighted by Gasteiger charge is 2.72. The maximum atomic E-state index is 11.9. The van der Waals surface area contributed by atoms with Gasteiger partial charge in [0.1, 0.15) is 0 Å². The maximum Gasteiger partial charge on any atom is 0.336 e. The SMILES string of the molecule is C[C@@]12CCC3=CC(=O)C=C[C@]3(C)[C@H]1[C@@H](O)C[C@@]1(C)[C@H]2CC[C@]1(O)C(=O)O. The highest BCUT2D eigenvalue weighted by Crippen LogP contribution is 2.71. The number of allylic oxidation sites excluding steroid dienone is 4. The van der Waals surface area contributed by atoms with Gasteiger partial charge in [-0.15, -0.1) is 0 Å². The van der Waals surface area contributed by atoms with Gasteiger partial charge in [-0.05, 0) is 55.6 Å². The Morgan fingerprint density at radius 3 is 2.58 bits per heavy atom. The van der Waals surface area contributed by atoms with E-state index in [1.54, 1.807) is 12.2 Å². The molecule has 7 atom stereocenters. The first-order valence-electron chi connectivity index (χ1n) is 9.57. The molecule has 0 amide bonds.